The maximum atomic E-state index is 12.4. The summed E-state index contributed by atoms with van der Waals surface area (Å²) in [5.41, 5.74) is 0.926. The molecular formula is C18H25N5O4. The molecule has 1 unspecified atom stereocenters. The molecule has 2 N–H and O–H groups in total. The Morgan fingerprint density at radius 3 is 2.48 bits per heavy atom. The summed E-state index contributed by atoms with van der Waals surface area (Å²) < 4.78 is 0. The number of carbonyl (C=O) groups is 2. The molecule has 1 heterocycles. The first kappa shape index (κ1) is 19.1. The smallest absolute Gasteiger partial charge is 0.321 e. The molecule has 9 nitrogen and oxygen atoms in total. The van der Waals surface area contributed by atoms with Crippen molar-refractivity contribution in [3.63, 3.8) is 0 Å². The van der Waals surface area contributed by atoms with Crippen LogP contribution in [0.25, 0.3) is 0 Å². The second-order valence-electron chi connectivity index (χ2n) is 7.17. The molecule has 9 heteroatoms. The monoisotopic (exact) mass is 375 g/mol. The zero-order chi connectivity index (χ0) is 19.6. The Morgan fingerprint density at radius 2 is 1.89 bits per heavy atom. The number of nitrogens with zero attached hydrogens (tertiary/aromatic N) is 3. The van der Waals surface area contributed by atoms with Gasteiger partial charge in [-0.2, -0.15) is 0 Å². The average Bonchev–Trinajstić information content (AvgIpc) is 3.46. The van der Waals surface area contributed by atoms with Crippen molar-refractivity contribution >= 4 is 23.3 Å². The number of amides is 3. The lowest BCUT2D eigenvalue weighted by molar-refractivity contribution is -0.385. The van der Waals surface area contributed by atoms with Gasteiger partial charge in [-0.05, 0) is 32.8 Å². The van der Waals surface area contributed by atoms with E-state index in [0.29, 0.717) is 43.5 Å². The number of nitrogens with one attached hydrogen (secondary N) is 2. The van der Waals surface area contributed by atoms with Gasteiger partial charge in [-0.25, -0.2) is 4.79 Å². The standard InChI is InChI=1S/C18H25N5O4/c1-12-3-4-15(11-16(12)23(26)27)20-18(25)22-9-7-21(8-10-22)13(2)17(24)19-14-5-6-14/h3-4,11,13-14H,5-10H2,1-2H3,(H,19,24)(H,20,25). The summed E-state index contributed by atoms with van der Waals surface area (Å²) in [5, 5.41) is 16.8. The number of aryl methyl sites for hydroxylation is 1. The number of benzene rings is 1. The summed E-state index contributed by atoms with van der Waals surface area (Å²) in [6.07, 6.45) is 2.12. The maximum Gasteiger partial charge on any atom is 0.321 e. The highest BCUT2D eigenvalue weighted by Gasteiger charge is 2.31. The topological polar surface area (TPSA) is 108 Å². The molecule has 146 valence electrons. The molecule has 0 bridgehead atoms. The van der Waals surface area contributed by atoms with E-state index in [1.807, 2.05) is 6.92 Å². The zero-order valence-corrected chi connectivity index (χ0v) is 15.6. The number of nitro benzene ring substituents is 1. The Kier molecular flexibility index (Phi) is 5.59. The first-order chi connectivity index (χ1) is 12.8. The van der Waals surface area contributed by atoms with Crippen LogP contribution in [0.2, 0.25) is 0 Å². The van der Waals surface area contributed by atoms with Gasteiger partial charge in [-0.15, -0.1) is 0 Å². The van der Waals surface area contributed by atoms with Crippen molar-refractivity contribution in [3.05, 3.63) is 33.9 Å². The van der Waals surface area contributed by atoms with Crippen molar-refractivity contribution in [2.45, 2.75) is 38.8 Å². The third-order valence-electron chi connectivity index (χ3n) is 5.11. The Bertz CT molecular complexity index is 741. The van der Waals surface area contributed by atoms with Crippen LogP contribution in [0.3, 0.4) is 0 Å². The first-order valence-corrected chi connectivity index (χ1v) is 9.20. The molecule has 1 aliphatic carbocycles. The predicted octanol–water partition coefficient (Wildman–Crippen LogP) is 1.72. The molecular weight excluding hydrogens is 350 g/mol. The molecule has 1 aliphatic heterocycles. The number of carbonyl (C=O) groups excluding carboxylic acids is 2. The minimum absolute atomic E-state index is 0.0203. The molecule has 1 aromatic rings. The predicted molar refractivity (Wildman–Crippen MR) is 101 cm³/mol. The van der Waals surface area contributed by atoms with Gasteiger partial charge in [0.25, 0.3) is 5.69 Å². The van der Waals surface area contributed by atoms with E-state index in [9.17, 15) is 19.7 Å². The van der Waals surface area contributed by atoms with Crippen LogP contribution in [0.15, 0.2) is 18.2 Å². The van der Waals surface area contributed by atoms with Gasteiger partial charge in [-0.3, -0.25) is 19.8 Å². The highest BCUT2D eigenvalue weighted by atomic mass is 16.6. The van der Waals surface area contributed by atoms with E-state index in [-0.39, 0.29) is 23.7 Å². The number of urea groups is 1. The van der Waals surface area contributed by atoms with Crippen molar-refractivity contribution in [3.8, 4) is 0 Å². The lowest BCUT2D eigenvalue weighted by Crippen LogP contribution is -2.55. The van der Waals surface area contributed by atoms with Crippen LogP contribution >= 0.6 is 0 Å². The van der Waals surface area contributed by atoms with Gasteiger partial charge in [0, 0.05) is 49.5 Å². The van der Waals surface area contributed by atoms with Gasteiger partial charge in [0.1, 0.15) is 0 Å². The van der Waals surface area contributed by atoms with E-state index in [4.69, 9.17) is 0 Å². The first-order valence-electron chi connectivity index (χ1n) is 9.20. The average molecular weight is 375 g/mol. The fourth-order valence-electron chi connectivity index (χ4n) is 3.11. The fraction of sp³-hybridized carbons (Fsp3) is 0.556. The third-order valence-corrected chi connectivity index (χ3v) is 5.11. The number of anilines is 1. The van der Waals surface area contributed by atoms with Crippen molar-refractivity contribution < 1.29 is 14.5 Å². The quantitative estimate of drug-likeness (QED) is 0.602. The lowest BCUT2D eigenvalue weighted by atomic mass is 10.2. The van der Waals surface area contributed by atoms with Crippen molar-refractivity contribution in [2.24, 2.45) is 0 Å². The highest BCUT2D eigenvalue weighted by Crippen LogP contribution is 2.23. The Hall–Kier alpha value is -2.68. The molecule has 0 radical (unpaired) electrons. The fourth-order valence-corrected chi connectivity index (χ4v) is 3.11. The second-order valence-corrected chi connectivity index (χ2v) is 7.17. The van der Waals surface area contributed by atoms with E-state index in [2.05, 4.69) is 15.5 Å². The summed E-state index contributed by atoms with van der Waals surface area (Å²) in [4.78, 5) is 38.9. The summed E-state index contributed by atoms with van der Waals surface area (Å²) in [6.45, 7) is 5.77. The maximum absolute atomic E-state index is 12.4. The Balaban J connectivity index is 1.51. The van der Waals surface area contributed by atoms with Crippen LogP contribution < -0.4 is 10.6 Å². The number of rotatable bonds is 5. The van der Waals surface area contributed by atoms with Crippen LogP contribution in [-0.2, 0) is 4.79 Å². The van der Waals surface area contributed by atoms with Crippen LogP contribution in [0.5, 0.6) is 0 Å². The number of nitro groups is 1. The van der Waals surface area contributed by atoms with Crippen LogP contribution in [0.4, 0.5) is 16.2 Å². The normalized spacial score (nSPS) is 18.7. The number of hydrogen-bond donors (Lipinski definition) is 2. The van der Waals surface area contributed by atoms with Gasteiger partial charge in [0.15, 0.2) is 0 Å². The van der Waals surface area contributed by atoms with Crippen LogP contribution in [0.1, 0.15) is 25.3 Å². The molecule has 2 fully saturated rings. The van der Waals surface area contributed by atoms with E-state index in [0.717, 1.165) is 12.8 Å². The van der Waals surface area contributed by atoms with E-state index in [1.165, 1.54) is 6.07 Å². The summed E-state index contributed by atoms with van der Waals surface area (Å²) in [6, 6.07) is 4.48. The number of piperazine rings is 1. The lowest BCUT2D eigenvalue weighted by Gasteiger charge is -2.37. The van der Waals surface area contributed by atoms with Gasteiger partial charge in [0.2, 0.25) is 5.91 Å². The molecule has 0 spiro atoms. The van der Waals surface area contributed by atoms with E-state index in [1.54, 1.807) is 24.0 Å². The van der Waals surface area contributed by atoms with Crippen molar-refractivity contribution in [1.82, 2.24) is 15.1 Å². The van der Waals surface area contributed by atoms with Crippen LogP contribution in [-0.4, -0.2) is 64.9 Å². The molecule has 3 amide bonds. The second kappa shape index (κ2) is 7.91. The Labute approximate surface area is 157 Å². The molecule has 0 aromatic heterocycles. The molecule has 1 saturated heterocycles. The molecule has 27 heavy (non-hydrogen) atoms. The molecule has 1 aromatic carbocycles. The molecule has 3 rings (SSSR count). The summed E-state index contributed by atoms with van der Waals surface area (Å²) in [7, 11) is 0. The Morgan fingerprint density at radius 1 is 1.22 bits per heavy atom. The van der Waals surface area contributed by atoms with E-state index < -0.39 is 4.92 Å². The van der Waals surface area contributed by atoms with Crippen molar-refractivity contribution in [1.29, 1.82) is 0 Å². The van der Waals surface area contributed by atoms with Gasteiger partial charge in [-0.1, -0.05) is 6.07 Å². The highest BCUT2D eigenvalue weighted by molar-refractivity contribution is 5.90. The van der Waals surface area contributed by atoms with Gasteiger partial charge in [0.05, 0.1) is 11.0 Å². The van der Waals surface area contributed by atoms with Crippen LogP contribution in [0, 0.1) is 17.0 Å². The minimum atomic E-state index is -0.460. The molecule has 2 aliphatic rings. The zero-order valence-electron chi connectivity index (χ0n) is 15.6. The third kappa shape index (κ3) is 4.73. The molecule has 1 saturated carbocycles. The largest absolute Gasteiger partial charge is 0.352 e. The van der Waals surface area contributed by atoms with Gasteiger partial charge < -0.3 is 15.5 Å². The number of hydrogen-bond acceptors (Lipinski definition) is 5. The SMILES string of the molecule is Cc1ccc(NC(=O)N2CCN(C(C)C(=O)NC3CC3)CC2)cc1[N+](=O)[O-]. The van der Waals surface area contributed by atoms with E-state index >= 15 is 0 Å². The van der Waals surface area contributed by atoms with Crippen molar-refractivity contribution in [2.75, 3.05) is 31.5 Å². The van der Waals surface area contributed by atoms with Gasteiger partial charge >= 0.3 is 6.03 Å². The summed E-state index contributed by atoms with van der Waals surface area (Å²) in [5.74, 6) is 0.0439. The molecule has 1 atom stereocenters. The minimum Gasteiger partial charge on any atom is -0.352 e. The summed E-state index contributed by atoms with van der Waals surface area (Å²) >= 11 is 0.